The molecule has 1 aromatic rings. The molecule has 0 saturated carbocycles. The van der Waals surface area contributed by atoms with E-state index >= 15 is 0 Å². The third-order valence-electron chi connectivity index (χ3n) is 3.81. The molecule has 1 rings (SSSR count). The van der Waals surface area contributed by atoms with Crippen LogP contribution in [0.15, 0.2) is 24.3 Å². The van der Waals surface area contributed by atoms with Gasteiger partial charge in [0.15, 0.2) is 9.84 Å². The van der Waals surface area contributed by atoms with Gasteiger partial charge in [-0.15, -0.1) is 0 Å². The number of amides is 1. The van der Waals surface area contributed by atoms with Crippen LogP contribution in [0.2, 0.25) is 0 Å². The van der Waals surface area contributed by atoms with Crippen LogP contribution in [-0.2, 0) is 14.6 Å². The smallest absolute Gasteiger partial charge is 0.245 e. The van der Waals surface area contributed by atoms with Crippen molar-refractivity contribution in [3.05, 3.63) is 29.8 Å². The molecule has 1 amide bonds. The van der Waals surface area contributed by atoms with Crippen molar-refractivity contribution in [2.24, 2.45) is 0 Å². The molecule has 118 valence electrons. The minimum Gasteiger partial charge on any atom is -0.308 e. The van der Waals surface area contributed by atoms with E-state index in [0.29, 0.717) is 0 Å². The lowest BCUT2D eigenvalue weighted by Crippen LogP contribution is -2.47. The van der Waals surface area contributed by atoms with Crippen molar-refractivity contribution in [2.45, 2.75) is 51.8 Å². The average molecular weight is 311 g/mol. The number of rotatable bonds is 6. The molecular formula is C16H25NO3S. The van der Waals surface area contributed by atoms with E-state index in [1.165, 1.54) is 6.92 Å². The molecule has 0 heterocycles. The molecule has 0 aliphatic rings. The van der Waals surface area contributed by atoms with Gasteiger partial charge in [0, 0.05) is 18.0 Å². The second-order valence-electron chi connectivity index (χ2n) is 5.49. The number of nitrogens with zero attached hydrogens (tertiary/aromatic N) is 1. The molecule has 21 heavy (non-hydrogen) atoms. The summed E-state index contributed by atoms with van der Waals surface area (Å²) in [4.78, 5) is 14.4. The molecule has 1 atom stereocenters. The van der Waals surface area contributed by atoms with Crippen LogP contribution in [0.4, 0.5) is 5.69 Å². The van der Waals surface area contributed by atoms with Gasteiger partial charge in [-0.3, -0.25) is 4.79 Å². The Hall–Kier alpha value is -1.36. The molecule has 0 radical (unpaired) electrons. The first-order valence-electron chi connectivity index (χ1n) is 7.30. The maximum absolute atomic E-state index is 12.7. The predicted molar refractivity (Wildman–Crippen MR) is 87.3 cm³/mol. The Kier molecular flexibility index (Phi) is 5.96. The highest BCUT2D eigenvalue weighted by molar-refractivity contribution is 7.92. The Balaban J connectivity index is 3.30. The summed E-state index contributed by atoms with van der Waals surface area (Å²) in [6.07, 6.45) is 2.68. The zero-order valence-corrected chi connectivity index (χ0v) is 14.3. The highest BCUT2D eigenvalue weighted by Gasteiger charge is 2.32. The van der Waals surface area contributed by atoms with Gasteiger partial charge in [0.25, 0.3) is 0 Å². The monoisotopic (exact) mass is 311 g/mol. The molecule has 0 fully saturated rings. The second kappa shape index (κ2) is 7.07. The van der Waals surface area contributed by atoms with Gasteiger partial charge in [-0.2, -0.15) is 0 Å². The number of hydrogen-bond donors (Lipinski definition) is 0. The summed E-state index contributed by atoms with van der Waals surface area (Å²) in [5, 5.41) is -1.03. The van der Waals surface area contributed by atoms with Gasteiger partial charge in [-0.05, 0) is 44.4 Å². The predicted octanol–water partition coefficient (Wildman–Crippen LogP) is 2.95. The molecule has 0 saturated heterocycles. The van der Waals surface area contributed by atoms with Crippen molar-refractivity contribution in [3.8, 4) is 0 Å². The fraction of sp³-hybridized carbons (Fsp3) is 0.562. The summed E-state index contributed by atoms with van der Waals surface area (Å²) in [5.74, 6) is -0.350. The third-order valence-corrected chi connectivity index (χ3v) is 5.30. The minimum absolute atomic E-state index is 0.00324. The SMILES string of the molecule is CCC(CC)N(C(=O)[C@@H](C)S(C)(=O)=O)c1cccc(C)c1. The van der Waals surface area contributed by atoms with E-state index in [2.05, 4.69) is 0 Å². The molecule has 0 bridgehead atoms. The van der Waals surface area contributed by atoms with Crippen molar-refractivity contribution in [1.82, 2.24) is 0 Å². The number of hydrogen-bond acceptors (Lipinski definition) is 3. The lowest BCUT2D eigenvalue weighted by atomic mass is 10.1. The molecule has 0 aromatic heterocycles. The van der Waals surface area contributed by atoms with Gasteiger partial charge >= 0.3 is 0 Å². The molecule has 5 heteroatoms. The fourth-order valence-electron chi connectivity index (χ4n) is 2.33. The van der Waals surface area contributed by atoms with Crippen LogP contribution in [-0.4, -0.2) is 31.9 Å². The van der Waals surface area contributed by atoms with Crippen LogP contribution in [0, 0.1) is 6.92 Å². The summed E-state index contributed by atoms with van der Waals surface area (Å²) in [7, 11) is -3.41. The first-order valence-corrected chi connectivity index (χ1v) is 9.26. The van der Waals surface area contributed by atoms with E-state index in [4.69, 9.17) is 0 Å². The van der Waals surface area contributed by atoms with Crippen LogP contribution >= 0.6 is 0 Å². The molecule has 4 nitrogen and oxygen atoms in total. The summed E-state index contributed by atoms with van der Waals surface area (Å²) >= 11 is 0. The van der Waals surface area contributed by atoms with Crippen molar-refractivity contribution in [1.29, 1.82) is 0 Å². The number of carbonyl (C=O) groups excluding carboxylic acids is 1. The lowest BCUT2D eigenvalue weighted by molar-refractivity contribution is -0.118. The highest BCUT2D eigenvalue weighted by atomic mass is 32.2. The number of aryl methyl sites for hydroxylation is 1. The normalized spacial score (nSPS) is 13.2. The zero-order valence-electron chi connectivity index (χ0n) is 13.5. The van der Waals surface area contributed by atoms with Gasteiger partial charge < -0.3 is 4.90 Å². The summed E-state index contributed by atoms with van der Waals surface area (Å²) in [5.41, 5.74) is 1.81. The van der Waals surface area contributed by atoms with Crippen molar-refractivity contribution < 1.29 is 13.2 Å². The number of carbonyl (C=O) groups is 1. The van der Waals surface area contributed by atoms with E-state index in [1.54, 1.807) is 4.90 Å². The number of sulfone groups is 1. The van der Waals surface area contributed by atoms with E-state index in [9.17, 15) is 13.2 Å². The largest absolute Gasteiger partial charge is 0.308 e. The Bertz CT molecular complexity index is 591. The number of benzene rings is 1. The molecule has 0 aliphatic heterocycles. The maximum Gasteiger partial charge on any atom is 0.245 e. The topological polar surface area (TPSA) is 54.5 Å². The van der Waals surface area contributed by atoms with E-state index in [1.807, 2.05) is 45.0 Å². The van der Waals surface area contributed by atoms with Crippen LogP contribution in [0.5, 0.6) is 0 Å². The first kappa shape index (κ1) is 17.7. The molecular weight excluding hydrogens is 286 g/mol. The molecule has 0 spiro atoms. The van der Waals surface area contributed by atoms with Crippen LogP contribution in [0.3, 0.4) is 0 Å². The van der Waals surface area contributed by atoms with E-state index in [0.717, 1.165) is 30.3 Å². The summed E-state index contributed by atoms with van der Waals surface area (Å²) in [6.45, 7) is 7.44. The molecule has 1 aromatic carbocycles. The molecule has 0 N–H and O–H groups in total. The van der Waals surface area contributed by atoms with Gasteiger partial charge in [0.2, 0.25) is 5.91 Å². The van der Waals surface area contributed by atoms with Gasteiger partial charge in [-0.25, -0.2) is 8.42 Å². The Morgan fingerprint density at radius 2 is 1.81 bits per heavy atom. The highest BCUT2D eigenvalue weighted by Crippen LogP contribution is 2.24. The van der Waals surface area contributed by atoms with E-state index < -0.39 is 15.1 Å². The van der Waals surface area contributed by atoms with Crippen LogP contribution in [0.1, 0.15) is 39.2 Å². The number of anilines is 1. The van der Waals surface area contributed by atoms with Gasteiger partial charge in [-0.1, -0.05) is 26.0 Å². The summed E-state index contributed by atoms with van der Waals surface area (Å²) in [6, 6.07) is 7.63. The van der Waals surface area contributed by atoms with E-state index in [-0.39, 0.29) is 11.9 Å². The fourth-order valence-corrected chi connectivity index (χ4v) is 2.81. The lowest BCUT2D eigenvalue weighted by Gasteiger charge is -2.32. The molecule has 0 unspecified atom stereocenters. The summed E-state index contributed by atoms with van der Waals surface area (Å²) < 4.78 is 23.5. The Labute approximate surface area is 128 Å². The van der Waals surface area contributed by atoms with Crippen LogP contribution < -0.4 is 4.90 Å². The van der Waals surface area contributed by atoms with Crippen molar-refractivity contribution in [2.75, 3.05) is 11.2 Å². The first-order chi connectivity index (χ1) is 9.72. The van der Waals surface area contributed by atoms with Crippen LogP contribution in [0.25, 0.3) is 0 Å². The van der Waals surface area contributed by atoms with Crippen molar-refractivity contribution >= 4 is 21.4 Å². The molecule has 0 aliphatic carbocycles. The zero-order chi connectivity index (χ0) is 16.2. The standard InChI is InChI=1S/C16H25NO3S/c1-6-14(7-2)17(15-10-8-9-12(3)11-15)16(18)13(4)21(5,19)20/h8-11,13-14H,6-7H2,1-5H3/t13-/m1/s1. The second-order valence-corrected chi connectivity index (χ2v) is 7.86. The maximum atomic E-state index is 12.7. The quantitative estimate of drug-likeness (QED) is 0.811. The Morgan fingerprint density at radius 3 is 2.24 bits per heavy atom. The Morgan fingerprint density at radius 1 is 1.24 bits per heavy atom. The average Bonchev–Trinajstić information content (AvgIpc) is 2.42. The van der Waals surface area contributed by atoms with Crippen molar-refractivity contribution in [3.63, 3.8) is 0 Å². The third kappa shape index (κ3) is 4.30. The van der Waals surface area contributed by atoms with Gasteiger partial charge in [0.1, 0.15) is 5.25 Å². The van der Waals surface area contributed by atoms with Gasteiger partial charge in [0.05, 0.1) is 0 Å². The minimum atomic E-state index is -3.41.